The molecule has 1 unspecified atom stereocenters. The van der Waals surface area contributed by atoms with Gasteiger partial charge in [0.2, 0.25) is 0 Å². The topological polar surface area (TPSA) is 56.4 Å². The smallest absolute Gasteiger partial charge is 0.171 e. The Labute approximate surface area is 127 Å². The lowest BCUT2D eigenvalue weighted by molar-refractivity contribution is -0.194. The predicted molar refractivity (Wildman–Crippen MR) is 82.0 cm³/mol. The van der Waals surface area contributed by atoms with Crippen LogP contribution in [0.25, 0.3) is 11.0 Å². The summed E-state index contributed by atoms with van der Waals surface area (Å²) < 4.78 is 5.25. The van der Waals surface area contributed by atoms with E-state index in [1.807, 2.05) is 30.3 Å². The average Bonchev–Trinajstić information content (AvgIpc) is 3.18. The fourth-order valence-electron chi connectivity index (χ4n) is 2.69. The fraction of sp³-hybridized carbons (Fsp3) is 0.235. The van der Waals surface area contributed by atoms with Gasteiger partial charge in [-0.05, 0) is 23.8 Å². The third-order valence-electron chi connectivity index (χ3n) is 4.07. The van der Waals surface area contributed by atoms with Gasteiger partial charge in [0, 0.05) is 17.5 Å². The summed E-state index contributed by atoms with van der Waals surface area (Å²) in [5.74, 6) is 2.66. The first-order valence-corrected chi connectivity index (χ1v) is 7.20. The van der Waals surface area contributed by atoms with E-state index in [2.05, 4.69) is 23.0 Å². The zero-order valence-corrected chi connectivity index (χ0v) is 12.4. The van der Waals surface area contributed by atoms with Gasteiger partial charge in [-0.2, -0.15) is 4.89 Å². The van der Waals surface area contributed by atoms with Crippen molar-refractivity contribution in [2.24, 2.45) is 0 Å². The second kappa shape index (κ2) is 5.03. The fourth-order valence-corrected chi connectivity index (χ4v) is 2.69. The van der Waals surface area contributed by atoms with Gasteiger partial charge in [0.1, 0.15) is 18.2 Å². The minimum Gasteiger partial charge on any atom is -0.497 e. The molecule has 2 aromatic carbocycles. The van der Waals surface area contributed by atoms with E-state index >= 15 is 0 Å². The minimum absolute atomic E-state index is 0.132. The number of hydrogen-bond donors (Lipinski definition) is 1. The molecule has 1 atom stereocenters. The summed E-state index contributed by atoms with van der Waals surface area (Å²) in [6.07, 6.45) is 0. The molecule has 2 heterocycles. The Hall–Kier alpha value is -2.53. The zero-order chi connectivity index (χ0) is 15.1. The number of nitrogens with zero attached hydrogens (tertiary/aromatic N) is 1. The number of rotatable bonds is 3. The molecule has 0 saturated heterocycles. The molecule has 1 aromatic heterocycles. The SMILES string of the molecule is COc1ccc2nc(C(C)c3ccc4c(c3)OOC4)[nH]c2c1. The molecule has 5 nitrogen and oxygen atoms in total. The van der Waals surface area contributed by atoms with Crippen LogP contribution in [0, 0.1) is 0 Å². The van der Waals surface area contributed by atoms with Gasteiger partial charge in [-0.15, -0.1) is 0 Å². The first-order valence-electron chi connectivity index (χ1n) is 7.20. The van der Waals surface area contributed by atoms with Gasteiger partial charge in [-0.3, -0.25) is 0 Å². The summed E-state index contributed by atoms with van der Waals surface area (Å²) >= 11 is 0. The van der Waals surface area contributed by atoms with E-state index in [0.717, 1.165) is 39.5 Å². The number of aromatic amines is 1. The van der Waals surface area contributed by atoms with Gasteiger partial charge < -0.3 is 14.6 Å². The van der Waals surface area contributed by atoms with Crippen molar-refractivity contribution < 1.29 is 14.5 Å². The van der Waals surface area contributed by atoms with Crippen molar-refractivity contribution in [3.63, 3.8) is 0 Å². The van der Waals surface area contributed by atoms with E-state index in [1.54, 1.807) is 7.11 Å². The summed E-state index contributed by atoms with van der Waals surface area (Å²) in [5.41, 5.74) is 4.12. The molecule has 112 valence electrons. The maximum atomic E-state index is 5.25. The molecule has 22 heavy (non-hydrogen) atoms. The standard InChI is InChI=1S/C17H16N2O3/c1-10(11-3-4-12-9-21-22-16(12)7-11)17-18-14-6-5-13(20-2)8-15(14)19-17/h3-8,10H,9H2,1-2H3,(H,18,19). The molecule has 0 amide bonds. The lowest BCUT2D eigenvalue weighted by Gasteiger charge is -2.09. The first-order chi connectivity index (χ1) is 10.7. The zero-order valence-electron chi connectivity index (χ0n) is 12.4. The molecular formula is C17H16N2O3. The number of nitrogens with one attached hydrogen (secondary N) is 1. The number of benzene rings is 2. The minimum atomic E-state index is 0.132. The average molecular weight is 296 g/mol. The van der Waals surface area contributed by atoms with Gasteiger partial charge in [-0.25, -0.2) is 4.98 Å². The number of methoxy groups -OCH3 is 1. The third kappa shape index (κ3) is 2.10. The number of hydrogen-bond acceptors (Lipinski definition) is 4. The molecular weight excluding hydrogens is 280 g/mol. The van der Waals surface area contributed by atoms with E-state index in [-0.39, 0.29) is 5.92 Å². The normalized spacial score (nSPS) is 14.6. The summed E-state index contributed by atoms with van der Waals surface area (Å²) in [5, 5.41) is 0. The number of ether oxygens (including phenoxy) is 1. The van der Waals surface area contributed by atoms with Crippen LogP contribution in [-0.2, 0) is 11.5 Å². The molecule has 0 saturated carbocycles. The Morgan fingerprint density at radius 2 is 2.14 bits per heavy atom. The summed E-state index contributed by atoms with van der Waals surface area (Å²) in [6.45, 7) is 2.63. The summed E-state index contributed by atoms with van der Waals surface area (Å²) in [6, 6.07) is 12.0. The highest BCUT2D eigenvalue weighted by molar-refractivity contribution is 5.77. The van der Waals surface area contributed by atoms with Crippen LogP contribution in [0.15, 0.2) is 36.4 Å². The van der Waals surface area contributed by atoms with Crippen LogP contribution in [0.1, 0.15) is 29.8 Å². The monoisotopic (exact) mass is 296 g/mol. The van der Waals surface area contributed by atoms with E-state index in [0.29, 0.717) is 6.61 Å². The highest BCUT2D eigenvalue weighted by Gasteiger charge is 2.19. The van der Waals surface area contributed by atoms with Gasteiger partial charge in [0.15, 0.2) is 5.75 Å². The van der Waals surface area contributed by atoms with E-state index in [9.17, 15) is 0 Å². The van der Waals surface area contributed by atoms with Crippen molar-refractivity contribution in [1.82, 2.24) is 9.97 Å². The third-order valence-corrected chi connectivity index (χ3v) is 4.07. The second-order valence-corrected chi connectivity index (χ2v) is 5.44. The van der Waals surface area contributed by atoms with E-state index in [4.69, 9.17) is 14.5 Å². The molecule has 1 aliphatic heterocycles. The van der Waals surface area contributed by atoms with Gasteiger partial charge in [-0.1, -0.05) is 19.1 Å². The number of H-pyrrole nitrogens is 1. The number of imidazole rings is 1. The maximum absolute atomic E-state index is 5.25. The Balaban J connectivity index is 1.71. The summed E-state index contributed by atoms with van der Waals surface area (Å²) in [4.78, 5) is 18.2. The van der Waals surface area contributed by atoms with Crippen molar-refractivity contribution >= 4 is 11.0 Å². The molecule has 0 fully saturated rings. The molecule has 5 heteroatoms. The molecule has 4 rings (SSSR count). The molecule has 0 radical (unpaired) electrons. The van der Waals surface area contributed by atoms with Crippen molar-refractivity contribution in [2.45, 2.75) is 19.4 Å². The highest BCUT2D eigenvalue weighted by atomic mass is 17.2. The van der Waals surface area contributed by atoms with E-state index in [1.165, 1.54) is 0 Å². The number of aromatic nitrogens is 2. The Kier molecular flexibility index (Phi) is 3.01. The predicted octanol–water partition coefficient (Wildman–Crippen LogP) is 3.55. The maximum Gasteiger partial charge on any atom is 0.171 e. The van der Waals surface area contributed by atoms with Crippen LogP contribution in [-0.4, -0.2) is 17.1 Å². The molecule has 0 bridgehead atoms. The Bertz CT molecular complexity index is 841. The van der Waals surface area contributed by atoms with Crippen LogP contribution in [0.4, 0.5) is 0 Å². The molecule has 0 aliphatic carbocycles. The van der Waals surface area contributed by atoms with Crippen LogP contribution in [0.3, 0.4) is 0 Å². The van der Waals surface area contributed by atoms with Gasteiger partial charge in [0.05, 0.1) is 18.1 Å². The van der Waals surface area contributed by atoms with Crippen LogP contribution in [0.5, 0.6) is 11.5 Å². The second-order valence-electron chi connectivity index (χ2n) is 5.44. The Morgan fingerprint density at radius 3 is 3.00 bits per heavy atom. The highest BCUT2D eigenvalue weighted by Crippen LogP contribution is 2.32. The molecule has 1 N–H and O–H groups in total. The van der Waals surface area contributed by atoms with Gasteiger partial charge in [0.25, 0.3) is 0 Å². The van der Waals surface area contributed by atoms with E-state index < -0.39 is 0 Å². The van der Waals surface area contributed by atoms with Crippen LogP contribution >= 0.6 is 0 Å². The number of fused-ring (bicyclic) bond motifs is 2. The van der Waals surface area contributed by atoms with Crippen molar-refractivity contribution in [3.05, 3.63) is 53.3 Å². The van der Waals surface area contributed by atoms with Gasteiger partial charge >= 0.3 is 0 Å². The largest absolute Gasteiger partial charge is 0.497 e. The van der Waals surface area contributed by atoms with Crippen LogP contribution < -0.4 is 9.62 Å². The molecule has 1 aliphatic rings. The van der Waals surface area contributed by atoms with Crippen molar-refractivity contribution in [2.75, 3.05) is 7.11 Å². The van der Waals surface area contributed by atoms with Crippen LogP contribution in [0.2, 0.25) is 0 Å². The quantitative estimate of drug-likeness (QED) is 0.751. The van der Waals surface area contributed by atoms with Crippen molar-refractivity contribution in [1.29, 1.82) is 0 Å². The van der Waals surface area contributed by atoms with Crippen molar-refractivity contribution in [3.8, 4) is 11.5 Å². The summed E-state index contributed by atoms with van der Waals surface area (Å²) in [7, 11) is 1.66. The lowest BCUT2D eigenvalue weighted by atomic mass is 9.99. The Morgan fingerprint density at radius 1 is 1.23 bits per heavy atom. The lowest BCUT2D eigenvalue weighted by Crippen LogP contribution is -1.98. The molecule has 3 aromatic rings. The first kappa shape index (κ1) is 13.2. The molecule has 0 spiro atoms.